The maximum atomic E-state index is 13.3. The Morgan fingerprint density at radius 1 is 1.36 bits per heavy atom. The van der Waals surface area contributed by atoms with E-state index in [0.717, 1.165) is 10.7 Å². The van der Waals surface area contributed by atoms with Crippen LogP contribution >= 0.6 is 11.3 Å². The molecule has 0 amide bonds. The molecule has 1 aliphatic rings. The van der Waals surface area contributed by atoms with Crippen LogP contribution in [0.25, 0.3) is 11.1 Å². The quantitative estimate of drug-likeness (QED) is 0.725. The van der Waals surface area contributed by atoms with E-state index in [1.54, 1.807) is 17.4 Å². The van der Waals surface area contributed by atoms with Crippen LogP contribution in [0.5, 0.6) is 0 Å². The maximum Gasteiger partial charge on any atom is 0.299 e. The van der Waals surface area contributed by atoms with Gasteiger partial charge in [-0.25, -0.2) is 9.37 Å². The van der Waals surface area contributed by atoms with E-state index >= 15 is 0 Å². The van der Waals surface area contributed by atoms with E-state index in [4.69, 9.17) is 9.15 Å². The molecule has 7 heteroatoms. The Kier molecular flexibility index (Phi) is 3.31. The lowest BCUT2D eigenvalue weighted by Gasteiger charge is -2.33. The van der Waals surface area contributed by atoms with Gasteiger partial charge in [-0.3, -0.25) is 0 Å². The zero-order chi connectivity index (χ0) is 15.1. The molecule has 1 aromatic carbocycles. The highest BCUT2D eigenvalue weighted by Gasteiger charge is 2.30. The Morgan fingerprint density at radius 3 is 3.09 bits per heavy atom. The second-order valence-electron chi connectivity index (χ2n) is 5.22. The van der Waals surface area contributed by atoms with Crippen LogP contribution in [0.3, 0.4) is 0 Å². The number of nitrogens with zero attached hydrogens (tertiary/aromatic N) is 3. The lowest BCUT2D eigenvalue weighted by atomic mass is 10.2. The fourth-order valence-electron chi connectivity index (χ4n) is 2.57. The van der Waals surface area contributed by atoms with Crippen molar-refractivity contribution in [3.8, 4) is 0 Å². The average molecular weight is 319 g/mol. The number of thiazole rings is 1. The first-order valence-electron chi connectivity index (χ1n) is 7.03. The Morgan fingerprint density at radius 2 is 2.27 bits per heavy atom. The monoisotopic (exact) mass is 319 g/mol. The summed E-state index contributed by atoms with van der Waals surface area (Å²) in [6.07, 6.45) is 0. The second-order valence-corrected chi connectivity index (χ2v) is 6.11. The first-order chi connectivity index (χ1) is 10.7. The number of morpholine rings is 1. The van der Waals surface area contributed by atoms with Gasteiger partial charge < -0.3 is 14.1 Å². The van der Waals surface area contributed by atoms with Crippen LogP contribution in [0.15, 0.2) is 28.0 Å². The van der Waals surface area contributed by atoms with Crippen molar-refractivity contribution >= 4 is 28.5 Å². The number of hydrogen-bond acceptors (Lipinski definition) is 6. The van der Waals surface area contributed by atoms with Gasteiger partial charge in [-0.1, -0.05) is 0 Å². The smallest absolute Gasteiger partial charge is 0.299 e. The molecule has 0 spiro atoms. The van der Waals surface area contributed by atoms with Crippen molar-refractivity contribution in [2.24, 2.45) is 0 Å². The first kappa shape index (κ1) is 13.7. The Labute approximate surface area is 130 Å². The van der Waals surface area contributed by atoms with E-state index in [9.17, 15) is 4.39 Å². The normalized spacial score (nSPS) is 19.0. The molecule has 1 atom stereocenters. The zero-order valence-electron chi connectivity index (χ0n) is 12.0. The van der Waals surface area contributed by atoms with Gasteiger partial charge in [-0.05, 0) is 19.1 Å². The van der Waals surface area contributed by atoms with Crippen LogP contribution in [0.2, 0.25) is 0 Å². The topological polar surface area (TPSA) is 51.4 Å². The third kappa shape index (κ3) is 2.36. The summed E-state index contributed by atoms with van der Waals surface area (Å²) in [5.74, 6) is -0.318. The summed E-state index contributed by atoms with van der Waals surface area (Å²) in [5.41, 5.74) is 2.10. The Hall–Kier alpha value is -1.99. The number of aryl methyl sites for hydroxylation is 1. The molecule has 3 heterocycles. The maximum absolute atomic E-state index is 13.3. The van der Waals surface area contributed by atoms with Crippen molar-refractivity contribution < 1.29 is 13.5 Å². The van der Waals surface area contributed by atoms with Crippen molar-refractivity contribution in [1.82, 2.24) is 9.97 Å². The number of aromatic nitrogens is 2. The van der Waals surface area contributed by atoms with Crippen molar-refractivity contribution in [3.05, 3.63) is 40.1 Å². The summed E-state index contributed by atoms with van der Waals surface area (Å²) >= 11 is 1.60. The SMILES string of the molecule is Cc1csc(C2COCCN2c2nc3cc(F)ccc3o2)n1. The van der Waals surface area contributed by atoms with Crippen LogP contribution in [-0.2, 0) is 4.74 Å². The molecule has 1 unspecified atom stereocenters. The largest absolute Gasteiger partial charge is 0.423 e. The lowest BCUT2D eigenvalue weighted by Crippen LogP contribution is -2.39. The summed E-state index contributed by atoms with van der Waals surface area (Å²) in [6.45, 7) is 3.78. The predicted molar refractivity (Wildman–Crippen MR) is 81.7 cm³/mol. The Balaban J connectivity index is 1.73. The van der Waals surface area contributed by atoms with Crippen molar-refractivity contribution in [1.29, 1.82) is 0 Å². The van der Waals surface area contributed by atoms with Crippen molar-refractivity contribution in [2.75, 3.05) is 24.7 Å². The highest BCUT2D eigenvalue weighted by Crippen LogP contribution is 2.33. The molecule has 3 aromatic rings. The van der Waals surface area contributed by atoms with Crippen LogP contribution in [0, 0.1) is 12.7 Å². The molecule has 0 radical (unpaired) electrons. The van der Waals surface area contributed by atoms with Gasteiger partial charge in [0.2, 0.25) is 0 Å². The van der Waals surface area contributed by atoms with Crippen molar-refractivity contribution in [3.63, 3.8) is 0 Å². The second kappa shape index (κ2) is 5.33. The summed E-state index contributed by atoms with van der Waals surface area (Å²) < 4.78 is 24.7. The molecule has 1 aliphatic heterocycles. The van der Waals surface area contributed by atoms with Crippen LogP contribution in [0.1, 0.15) is 16.7 Å². The van der Waals surface area contributed by atoms with E-state index in [2.05, 4.69) is 9.97 Å². The average Bonchev–Trinajstić information content (AvgIpc) is 3.13. The van der Waals surface area contributed by atoms with Gasteiger partial charge in [-0.2, -0.15) is 4.98 Å². The molecule has 22 heavy (non-hydrogen) atoms. The Bertz CT molecular complexity index is 816. The number of hydrogen-bond donors (Lipinski definition) is 0. The van der Waals surface area contributed by atoms with Gasteiger partial charge in [0.05, 0.1) is 13.2 Å². The zero-order valence-corrected chi connectivity index (χ0v) is 12.8. The molecule has 2 aromatic heterocycles. The van der Waals surface area contributed by atoms with Gasteiger partial charge in [0.1, 0.15) is 22.4 Å². The number of benzene rings is 1. The van der Waals surface area contributed by atoms with Crippen LogP contribution in [-0.4, -0.2) is 29.7 Å². The first-order valence-corrected chi connectivity index (χ1v) is 7.91. The molecule has 0 N–H and O–H groups in total. The standard InChI is InChI=1S/C15H14FN3O2S/c1-9-8-22-14(17-9)12-7-20-5-4-19(12)15-18-11-6-10(16)2-3-13(11)21-15/h2-3,6,8,12H,4-5,7H2,1H3. The predicted octanol–water partition coefficient (Wildman–Crippen LogP) is 3.31. The number of ether oxygens (including phenoxy) is 1. The minimum absolute atomic E-state index is 0.0228. The third-order valence-electron chi connectivity index (χ3n) is 3.63. The minimum Gasteiger partial charge on any atom is -0.423 e. The van der Waals surface area contributed by atoms with Crippen LogP contribution in [0.4, 0.5) is 10.4 Å². The van der Waals surface area contributed by atoms with E-state index in [1.165, 1.54) is 12.1 Å². The molecule has 1 saturated heterocycles. The fraction of sp³-hybridized carbons (Fsp3) is 0.333. The van der Waals surface area contributed by atoms with Crippen LogP contribution < -0.4 is 4.90 Å². The van der Waals surface area contributed by atoms with E-state index in [0.29, 0.717) is 36.9 Å². The fourth-order valence-corrected chi connectivity index (χ4v) is 3.47. The number of rotatable bonds is 2. The van der Waals surface area contributed by atoms with E-state index < -0.39 is 0 Å². The van der Waals surface area contributed by atoms with Gasteiger partial charge in [0.15, 0.2) is 5.58 Å². The van der Waals surface area contributed by atoms with Crippen molar-refractivity contribution in [2.45, 2.75) is 13.0 Å². The molecular formula is C15H14FN3O2S. The number of fused-ring (bicyclic) bond motifs is 1. The lowest BCUT2D eigenvalue weighted by molar-refractivity contribution is 0.0913. The molecule has 4 rings (SSSR count). The molecule has 5 nitrogen and oxygen atoms in total. The highest BCUT2D eigenvalue weighted by molar-refractivity contribution is 7.09. The third-order valence-corrected chi connectivity index (χ3v) is 4.70. The summed E-state index contributed by atoms with van der Waals surface area (Å²) in [7, 11) is 0. The van der Waals surface area contributed by atoms with Gasteiger partial charge >= 0.3 is 0 Å². The van der Waals surface area contributed by atoms with E-state index in [-0.39, 0.29) is 11.9 Å². The number of halogens is 1. The molecule has 0 aliphatic carbocycles. The molecule has 0 bridgehead atoms. The summed E-state index contributed by atoms with van der Waals surface area (Å²) in [4.78, 5) is 11.0. The van der Waals surface area contributed by atoms with Gasteiger partial charge in [-0.15, -0.1) is 11.3 Å². The molecule has 114 valence electrons. The van der Waals surface area contributed by atoms with Gasteiger partial charge in [0, 0.05) is 23.7 Å². The summed E-state index contributed by atoms with van der Waals surface area (Å²) in [6, 6.07) is 4.82. The number of anilines is 1. The minimum atomic E-state index is -0.318. The summed E-state index contributed by atoms with van der Waals surface area (Å²) in [5, 5.41) is 2.99. The van der Waals surface area contributed by atoms with E-state index in [1.807, 2.05) is 17.2 Å². The highest BCUT2D eigenvalue weighted by atomic mass is 32.1. The molecule has 1 fully saturated rings. The number of oxazole rings is 1. The molecular weight excluding hydrogens is 305 g/mol. The van der Waals surface area contributed by atoms with Gasteiger partial charge in [0.25, 0.3) is 6.01 Å². The molecule has 0 saturated carbocycles.